The van der Waals surface area contributed by atoms with Crippen molar-refractivity contribution in [1.82, 2.24) is 0 Å². The zero-order valence-corrected chi connectivity index (χ0v) is 14.4. The van der Waals surface area contributed by atoms with Gasteiger partial charge in [-0.3, -0.25) is 9.59 Å². The predicted molar refractivity (Wildman–Crippen MR) is 95.9 cm³/mol. The first kappa shape index (κ1) is 19.1. The van der Waals surface area contributed by atoms with Crippen molar-refractivity contribution in [3.8, 4) is 17.2 Å². The summed E-state index contributed by atoms with van der Waals surface area (Å²) in [7, 11) is 1.56. The average Bonchev–Trinajstić information content (AvgIpc) is 2.65. The minimum absolute atomic E-state index is 0.0709. The summed E-state index contributed by atoms with van der Waals surface area (Å²) in [6, 6.07) is 13.8. The van der Waals surface area contributed by atoms with Crippen LogP contribution in [-0.4, -0.2) is 37.3 Å². The number of benzene rings is 2. The minimum Gasteiger partial charge on any atom is -0.497 e. The SMILES string of the molecule is COc1cccc(OCC(=O)Nc2ccc(OCCCC(=O)O)cc2)c1. The molecule has 2 aromatic carbocycles. The third kappa shape index (κ3) is 6.72. The zero-order valence-electron chi connectivity index (χ0n) is 14.4. The van der Waals surface area contributed by atoms with E-state index in [2.05, 4.69) is 5.32 Å². The molecule has 0 saturated carbocycles. The Kier molecular flexibility index (Phi) is 7.30. The van der Waals surface area contributed by atoms with Crippen molar-refractivity contribution >= 4 is 17.6 Å². The van der Waals surface area contributed by atoms with Crippen LogP contribution in [0.4, 0.5) is 5.69 Å². The lowest BCUT2D eigenvalue weighted by Crippen LogP contribution is -2.20. The van der Waals surface area contributed by atoms with Gasteiger partial charge in [-0.25, -0.2) is 0 Å². The van der Waals surface area contributed by atoms with E-state index in [0.29, 0.717) is 36.0 Å². The van der Waals surface area contributed by atoms with Crippen LogP contribution in [0.1, 0.15) is 12.8 Å². The second-order valence-electron chi connectivity index (χ2n) is 5.39. The molecule has 0 unspecified atom stereocenters. The number of carboxylic acids is 1. The van der Waals surface area contributed by atoms with Gasteiger partial charge < -0.3 is 24.6 Å². The Morgan fingerprint density at radius 1 is 1.00 bits per heavy atom. The third-order valence-electron chi connectivity index (χ3n) is 3.35. The number of rotatable bonds is 10. The van der Waals surface area contributed by atoms with Gasteiger partial charge >= 0.3 is 5.97 Å². The molecule has 7 heteroatoms. The van der Waals surface area contributed by atoms with Crippen LogP contribution in [0.25, 0.3) is 0 Å². The van der Waals surface area contributed by atoms with Gasteiger partial charge in [-0.1, -0.05) is 6.07 Å². The summed E-state index contributed by atoms with van der Waals surface area (Å²) >= 11 is 0. The lowest BCUT2D eigenvalue weighted by atomic mass is 10.3. The fourth-order valence-electron chi connectivity index (χ4n) is 2.08. The first-order valence-corrected chi connectivity index (χ1v) is 8.08. The fraction of sp³-hybridized carbons (Fsp3) is 0.263. The number of methoxy groups -OCH3 is 1. The van der Waals surface area contributed by atoms with Crippen LogP contribution in [0.5, 0.6) is 17.2 Å². The van der Waals surface area contributed by atoms with E-state index in [9.17, 15) is 9.59 Å². The van der Waals surface area contributed by atoms with E-state index in [4.69, 9.17) is 19.3 Å². The summed E-state index contributed by atoms with van der Waals surface area (Å²) < 4.78 is 16.0. The van der Waals surface area contributed by atoms with Gasteiger partial charge in [0.1, 0.15) is 17.2 Å². The van der Waals surface area contributed by atoms with Crippen LogP contribution >= 0.6 is 0 Å². The summed E-state index contributed by atoms with van der Waals surface area (Å²) in [5.74, 6) is 0.679. The molecule has 2 rings (SSSR count). The second-order valence-corrected chi connectivity index (χ2v) is 5.39. The molecule has 0 aliphatic carbocycles. The van der Waals surface area contributed by atoms with Crippen molar-refractivity contribution in [2.24, 2.45) is 0 Å². The predicted octanol–water partition coefficient (Wildman–Crippen LogP) is 2.96. The molecule has 0 aliphatic heterocycles. The van der Waals surface area contributed by atoms with Crippen molar-refractivity contribution in [3.63, 3.8) is 0 Å². The number of hydrogen-bond donors (Lipinski definition) is 2. The minimum atomic E-state index is -0.845. The van der Waals surface area contributed by atoms with E-state index in [1.807, 2.05) is 0 Å². The standard InChI is InChI=1S/C19H21NO6/c1-24-16-4-2-5-17(12-16)26-13-18(21)20-14-7-9-15(10-8-14)25-11-3-6-19(22)23/h2,4-5,7-10,12H,3,6,11,13H2,1H3,(H,20,21)(H,22,23). The van der Waals surface area contributed by atoms with Gasteiger partial charge in [0.25, 0.3) is 5.91 Å². The van der Waals surface area contributed by atoms with Gasteiger partial charge in [0, 0.05) is 18.2 Å². The van der Waals surface area contributed by atoms with Gasteiger partial charge in [-0.2, -0.15) is 0 Å². The number of aliphatic carboxylic acids is 1. The van der Waals surface area contributed by atoms with E-state index in [1.165, 1.54) is 0 Å². The maximum atomic E-state index is 11.9. The Morgan fingerprint density at radius 3 is 2.42 bits per heavy atom. The molecule has 0 atom stereocenters. The van der Waals surface area contributed by atoms with Crippen LogP contribution < -0.4 is 19.5 Å². The van der Waals surface area contributed by atoms with Crippen LogP contribution in [0, 0.1) is 0 Å². The Hall–Kier alpha value is -3.22. The van der Waals surface area contributed by atoms with Gasteiger partial charge in [-0.05, 0) is 42.8 Å². The highest BCUT2D eigenvalue weighted by Gasteiger charge is 2.05. The summed E-state index contributed by atoms with van der Waals surface area (Å²) in [5, 5.41) is 11.3. The van der Waals surface area contributed by atoms with Gasteiger partial charge in [-0.15, -0.1) is 0 Å². The number of carboxylic acid groups (broad SMARTS) is 1. The molecule has 0 saturated heterocycles. The summed E-state index contributed by atoms with van der Waals surface area (Å²) in [5.41, 5.74) is 0.613. The van der Waals surface area contributed by atoms with E-state index in [1.54, 1.807) is 55.6 Å². The molecule has 26 heavy (non-hydrogen) atoms. The number of ether oxygens (including phenoxy) is 3. The maximum absolute atomic E-state index is 11.9. The molecule has 0 aromatic heterocycles. The van der Waals surface area contributed by atoms with Crippen molar-refractivity contribution in [1.29, 1.82) is 0 Å². The molecule has 0 spiro atoms. The first-order chi connectivity index (χ1) is 12.6. The molecular formula is C19H21NO6. The molecule has 138 valence electrons. The smallest absolute Gasteiger partial charge is 0.303 e. The number of hydrogen-bond acceptors (Lipinski definition) is 5. The molecule has 2 aromatic rings. The number of nitrogens with one attached hydrogen (secondary N) is 1. The monoisotopic (exact) mass is 359 g/mol. The molecule has 1 amide bonds. The number of amides is 1. The van der Waals surface area contributed by atoms with Crippen LogP contribution in [-0.2, 0) is 9.59 Å². The Labute approximate surface area is 151 Å². The topological polar surface area (TPSA) is 94.1 Å². The van der Waals surface area contributed by atoms with E-state index in [0.717, 1.165) is 0 Å². The molecule has 0 fully saturated rings. The highest BCUT2D eigenvalue weighted by molar-refractivity contribution is 5.91. The van der Waals surface area contributed by atoms with E-state index in [-0.39, 0.29) is 18.9 Å². The number of carbonyl (C=O) groups excluding carboxylic acids is 1. The molecule has 0 radical (unpaired) electrons. The van der Waals surface area contributed by atoms with E-state index >= 15 is 0 Å². The molecule has 7 nitrogen and oxygen atoms in total. The fourth-order valence-corrected chi connectivity index (χ4v) is 2.08. The largest absolute Gasteiger partial charge is 0.497 e. The van der Waals surface area contributed by atoms with E-state index < -0.39 is 5.97 Å². The van der Waals surface area contributed by atoms with Crippen molar-refractivity contribution in [3.05, 3.63) is 48.5 Å². The highest BCUT2D eigenvalue weighted by atomic mass is 16.5. The highest BCUT2D eigenvalue weighted by Crippen LogP contribution is 2.19. The number of carbonyl (C=O) groups is 2. The summed E-state index contributed by atoms with van der Waals surface area (Å²) in [6.07, 6.45) is 0.511. The molecule has 0 aliphatic rings. The third-order valence-corrected chi connectivity index (χ3v) is 3.35. The maximum Gasteiger partial charge on any atom is 0.303 e. The lowest BCUT2D eigenvalue weighted by molar-refractivity contribution is -0.137. The van der Waals surface area contributed by atoms with Gasteiger partial charge in [0.05, 0.1) is 13.7 Å². The normalized spacial score (nSPS) is 10.0. The summed E-state index contributed by atoms with van der Waals surface area (Å²) in [6.45, 7) is 0.201. The molecule has 0 bridgehead atoms. The van der Waals surface area contributed by atoms with Crippen molar-refractivity contribution in [2.75, 3.05) is 25.6 Å². The lowest BCUT2D eigenvalue weighted by Gasteiger charge is -2.09. The molecule has 2 N–H and O–H groups in total. The van der Waals surface area contributed by atoms with Gasteiger partial charge in [0.15, 0.2) is 6.61 Å². The van der Waals surface area contributed by atoms with Crippen molar-refractivity contribution < 1.29 is 28.9 Å². The zero-order chi connectivity index (χ0) is 18.8. The Balaban J connectivity index is 1.75. The quantitative estimate of drug-likeness (QED) is 0.634. The molecular weight excluding hydrogens is 338 g/mol. The van der Waals surface area contributed by atoms with Gasteiger partial charge in [0.2, 0.25) is 0 Å². The second kappa shape index (κ2) is 9.93. The van der Waals surface area contributed by atoms with Crippen LogP contribution in [0.2, 0.25) is 0 Å². The average molecular weight is 359 g/mol. The van der Waals surface area contributed by atoms with Crippen molar-refractivity contribution in [2.45, 2.75) is 12.8 Å². The van der Waals surface area contributed by atoms with Crippen LogP contribution in [0.3, 0.4) is 0 Å². The summed E-state index contributed by atoms with van der Waals surface area (Å²) in [4.78, 5) is 22.4. The molecule has 0 heterocycles. The Bertz CT molecular complexity index is 729. The van der Waals surface area contributed by atoms with Crippen LogP contribution in [0.15, 0.2) is 48.5 Å². The first-order valence-electron chi connectivity index (χ1n) is 8.08. The Morgan fingerprint density at radius 2 is 1.73 bits per heavy atom. The number of anilines is 1.